The van der Waals surface area contributed by atoms with Crippen LogP contribution in [0, 0.1) is 0 Å². The van der Waals surface area contributed by atoms with Crippen LogP contribution in [0.4, 0.5) is 0 Å². The van der Waals surface area contributed by atoms with Crippen LogP contribution in [-0.2, 0) is 20.3 Å². The van der Waals surface area contributed by atoms with Crippen molar-refractivity contribution in [2.45, 2.75) is 70.8 Å². The molecule has 1 aliphatic rings. The molecule has 2 N–H and O–H groups in total. The van der Waals surface area contributed by atoms with E-state index in [0.717, 1.165) is 37.2 Å². The molecule has 1 aliphatic heterocycles. The number of phosphoric acid groups is 1. The Morgan fingerprint density at radius 3 is 2.38 bits per heavy atom. The van der Waals surface area contributed by atoms with Gasteiger partial charge < -0.3 is 19.4 Å². The molecule has 1 aromatic carbocycles. The monoisotopic (exact) mass is 427 g/mol. The molecule has 1 aromatic rings. The van der Waals surface area contributed by atoms with E-state index in [-0.39, 0.29) is 19.0 Å². The summed E-state index contributed by atoms with van der Waals surface area (Å²) in [7, 11) is -4.47. The molecule has 0 aromatic heterocycles. The SMILES string of the molecule is CCCCCCCCOc1ccc(CCCC(=O)N2CC(OP(=O)(O)O)C2)cc1. The second kappa shape index (κ2) is 12.3. The van der Waals surface area contributed by atoms with Crippen LogP contribution in [0.3, 0.4) is 0 Å². The summed E-state index contributed by atoms with van der Waals surface area (Å²) in [5, 5.41) is 0. The molecule has 1 heterocycles. The first-order chi connectivity index (χ1) is 13.9. The number of amides is 1. The first kappa shape index (κ1) is 23.9. The number of ether oxygens (including phenoxy) is 1. The molecule has 29 heavy (non-hydrogen) atoms. The first-order valence-electron chi connectivity index (χ1n) is 10.6. The fraction of sp³-hybridized carbons (Fsp3) is 0.667. The van der Waals surface area contributed by atoms with Crippen LogP contribution in [0.5, 0.6) is 5.75 Å². The minimum absolute atomic E-state index is 0.00514. The van der Waals surface area contributed by atoms with Gasteiger partial charge in [0.2, 0.25) is 5.91 Å². The van der Waals surface area contributed by atoms with Crippen LogP contribution in [0.25, 0.3) is 0 Å². The first-order valence-corrected chi connectivity index (χ1v) is 12.1. The third-order valence-electron chi connectivity index (χ3n) is 5.03. The number of phosphoric ester groups is 1. The highest BCUT2D eigenvalue weighted by atomic mass is 31.2. The predicted octanol–water partition coefficient (Wildman–Crippen LogP) is 4.07. The van der Waals surface area contributed by atoms with Gasteiger partial charge in [-0.2, -0.15) is 0 Å². The second-order valence-electron chi connectivity index (χ2n) is 7.63. The fourth-order valence-electron chi connectivity index (χ4n) is 3.33. The third-order valence-corrected chi connectivity index (χ3v) is 5.61. The van der Waals surface area contributed by atoms with E-state index in [1.165, 1.54) is 32.1 Å². The molecule has 1 saturated heterocycles. The van der Waals surface area contributed by atoms with E-state index >= 15 is 0 Å². The van der Waals surface area contributed by atoms with Crippen molar-refractivity contribution in [2.24, 2.45) is 0 Å². The zero-order valence-corrected chi connectivity index (χ0v) is 18.2. The maximum atomic E-state index is 12.1. The lowest BCUT2D eigenvalue weighted by molar-refractivity contribution is -0.140. The molecule has 0 aliphatic carbocycles. The topological polar surface area (TPSA) is 96.3 Å². The molecule has 0 bridgehead atoms. The molecule has 8 heteroatoms. The largest absolute Gasteiger partial charge is 0.494 e. The lowest BCUT2D eigenvalue weighted by Crippen LogP contribution is -2.54. The van der Waals surface area contributed by atoms with Crippen LogP contribution in [-0.4, -0.2) is 46.4 Å². The summed E-state index contributed by atoms with van der Waals surface area (Å²) in [5.41, 5.74) is 1.16. The number of unbranched alkanes of at least 4 members (excludes halogenated alkanes) is 5. The molecule has 0 spiro atoms. The summed E-state index contributed by atoms with van der Waals surface area (Å²) in [5.74, 6) is 0.879. The number of aryl methyl sites for hydroxylation is 1. The van der Waals surface area contributed by atoms with E-state index in [9.17, 15) is 9.36 Å². The minimum Gasteiger partial charge on any atom is -0.494 e. The molecule has 1 fully saturated rings. The van der Waals surface area contributed by atoms with Gasteiger partial charge in [-0.1, -0.05) is 51.2 Å². The van der Waals surface area contributed by atoms with Gasteiger partial charge in [0.1, 0.15) is 11.9 Å². The fourth-order valence-corrected chi connectivity index (χ4v) is 3.85. The molecule has 0 atom stereocenters. The van der Waals surface area contributed by atoms with Crippen molar-refractivity contribution in [1.29, 1.82) is 0 Å². The van der Waals surface area contributed by atoms with Crippen molar-refractivity contribution in [2.75, 3.05) is 19.7 Å². The highest BCUT2D eigenvalue weighted by molar-refractivity contribution is 7.46. The molecular formula is C21H34NO6P. The van der Waals surface area contributed by atoms with Gasteiger partial charge in [0.25, 0.3) is 0 Å². The van der Waals surface area contributed by atoms with Gasteiger partial charge in [-0.25, -0.2) is 4.57 Å². The van der Waals surface area contributed by atoms with Crippen molar-refractivity contribution >= 4 is 13.7 Å². The quantitative estimate of drug-likeness (QED) is 0.343. The summed E-state index contributed by atoms with van der Waals surface area (Å²) in [6, 6.07) is 8.03. The number of nitrogens with zero attached hydrogens (tertiary/aromatic N) is 1. The van der Waals surface area contributed by atoms with Gasteiger partial charge in [0.15, 0.2) is 0 Å². The van der Waals surface area contributed by atoms with E-state index in [1.54, 1.807) is 4.90 Å². The minimum atomic E-state index is -4.47. The normalized spacial score (nSPS) is 14.7. The van der Waals surface area contributed by atoms with Crippen molar-refractivity contribution in [1.82, 2.24) is 4.90 Å². The lowest BCUT2D eigenvalue weighted by Gasteiger charge is -2.38. The van der Waals surface area contributed by atoms with Crippen LogP contribution in [0.2, 0.25) is 0 Å². The van der Waals surface area contributed by atoms with Crippen LogP contribution >= 0.6 is 7.82 Å². The van der Waals surface area contributed by atoms with Crippen molar-refractivity contribution in [3.05, 3.63) is 29.8 Å². The van der Waals surface area contributed by atoms with Gasteiger partial charge in [0, 0.05) is 19.5 Å². The Labute approximate surface area is 173 Å². The zero-order chi connectivity index (χ0) is 21.1. The molecule has 7 nitrogen and oxygen atoms in total. The highest BCUT2D eigenvalue weighted by Gasteiger charge is 2.35. The summed E-state index contributed by atoms with van der Waals surface area (Å²) >= 11 is 0. The zero-order valence-electron chi connectivity index (χ0n) is 17.3. The summed E-state index contributed by atoms with van der Waals surface area (Å²) in [4.78, 5) is 31.1. The number of hydrogen-bond donors (Lipinski definition) is 2. The number of carbonyl (C=O) groups excluding carboxylic acids is 1. The average Bonchev–Trinajstić information content (AvgIpc) is 2.64. The summed E-state index contributed by atoms with van der Waals surface area (Å²) < 4.78 is 21.1. The van der Waals surface area contributed by atoms with Crippen LogP contribution < -0.4 is 4.74 Å². The Morgan fingerprint density at radius 1 is 1.07 bits per heavy atom. The number of carbonyl (C=O) groups is 1. The molecular weight excluding hydrogens is 393 g/mol. The smallest absolute Gasteiger partial charge is 0.469 e. The lowest BCUT2D eigenvalue weighted by atomic mass is 10.1. The van der Waals surface area contributed by atoms with E-state index in [1.807, 2.05) is 24.3 Å². The molecule has 1 amide bonds. The number of likely N-dealkylation sites (tertiary alicyclic amines) is 1. The van der Waals surface area contributed by atoms with E-state index in [2.05, 4.69) is 11.4 Å². The molecule has 0 unspecified atom stereocenters. The van der Waals surface area contributed by atoms with Gasteiger partial charge in [-0.3, -0.25) is 9.32 Å². The Balaban J connectivity index is 1.55. The predicted molar refractivity (Wildman–Crippen MR) is 112 cm³/mol. The Kier molecular flexibility index (Phi) is 10.2. The van der Waals surface area contributed by atoms with E-state index < -0.39 is 13.9 Å². The Morgan fingerprint density at radius 2 is 1.72 bits per heavy atom. The molecule has 0 saturated carbocycles. The van der Waals surface area contributed by atoms with E-state index in [4.69, 9.17) is 14.5 Å². The van der Waals surface area contributed by atoms with Crippen LogP contribution in [0.15, 0.2) is 24.3 Å². The molecule has 2 rings (SSSR count). The summed E-state index contributed by atoms with van der Waals surface area (Å²) in [6.07, 6.45) is 8.87. The van der Waals surface area contributed by atoms with Gasteiger partial charge in [-0.15, -0.1) is 0 Å². The van der Waals surface area contributed by atoms with Crippen molar-refractivity contribution in [3.63, 3.8) is 0 Å². The number of rotatable bonds is 14. The van der Waals surface area contributed by atoms with Gasteiger partial charge >= 0.3 is 7.82 Å². The highest BCUT2D eigenvalue weighted by Crippen LogP contribution is 2.39. The molecule has 164 valence electrons. The maximum absolute atomic E-state index is 12.1. The van der Waals surface area contributed by atoms with E-state index in [0.29, 0.717) is 6.42 Å². The second-order valence-corrected chi connectivity index (χ2v) is 8.82. The summed E-state index contributed by atoms with van der Waals surface area (Å²) in [6.45, 7) is 3.46. The maximum Gasteiger partial charge on any atom is 0.469 e. The number of benzene rings is 1. The van der Waals surface area contributed by atoms with Crippen molar-refractivity contribution < 1.29 is 28.4 Å². The van der Waals surface area contributed by atoms with Crippen molar-refractivity contribution in [3.8, 4) is 5.75 Å². The Bertz CT molecular complexity index is 654. The standard InChI is InChI=1S/C21H34NO6P/c1-2-3-4-5-6-7-15-27-19-13-11-18(12-14-19)9-8-10-21(23)22-16-20(17-22)28-29(24,25)26/h11-14,20H,2-10,15-17H2,1H3,(H2,24,25,26). The van der Waals surface area contributed by atoms with Gasteiger partial charge in [-0.05, 0) is 37.0 Å². The number of hydrogen-bond acceptors (Lipinski definition) is 4. The third kappa shape index (κ3) is 9.77. The van der Waals surface area contributed by atoms with Crippen LogP contribution in [0.1, 0.15) is 63.9 Å². The Hall–Kier alpha value is -1.40. The van der Waals surface area contributed by atoms with Gasteiger partial charge in [0.05, 0.1) is 6.61 Å². The molecule has 0 radical (unpaired) electrons. The average molecular weight is 427 g/mol.